The highest BCUT2D eigenvalue weighted by Gasteiger charge is 2.20. The molecule has 0 aromatic heterocycles. The summed E-state index contributed by atoms with van der Waals surface area (Å²) in [4.78, 5) is 0. The van der Waals surface area contributed by atoms with Gasteiger partial charge in [-0.3, -0.25) is 0 Å². The highest BCUT2D eigenvalue weighted by atomic mass is 19.1. The highest BCUT2D eigenvalue weighted by Crippen LogP contribution is 2.34. The Morgan fingerprint density at radius 1 is 0.707 bits per heavy atom. The molecule has 0 nitrogen and oxygen atoms in total. The minimum absolute atomic E-state index is 0.122. The summed E-state index contributed by atoms with van der Waals surface area (Å²) < 4.78 is 14.9. The largest absolute Gasteiger partial charge is 0.206 e. The molecule has 4 aromatic rings. The van der Waals surface area contributed by atoms with Crippen molar-refractivity contribution >= 4 is 12.2 Å². The zero-order chi connectivity index (χ0) is 28.4. The van der Waals surface area contributed by atoms with Crippen LogP contribution < -0.4 is 0 Å². The molecule has 4 aromatic carbocycles. The molecule has 41 heavy (non-hydrogen) atoms. The molecule has 1 aliphatic carbocycles. The average Bonchev–Trinajstić information content (AvgIpc) is 3.01. The molecule has 0 aliphatic heterocycles. The van der Waals surface area contributed by atoms with Crippen molar-refractivity contribution in [1.82, 2.24) is 0 Å². The summed E-state index contributed by atoms with van der Waals surface area (Å²) >= 11 is 0. The van der Waals surface area contributed by atoms with E-state index in [-0.39, 0.29) is 5.82 Å². The fourth-order valence-electron chi connectivity index (χ4n) is 6.51. The summed E-state index contributed by atoms with van der Waals surface area (Å²) in [5.41, 5.74) is 7.99. The minimum Gasteiger partial charge on any atom is -0.206 e. The fraction of sp³-hybridized carbons (Fsp3) is 0.350. The quantitative estimate of drug-likeness (QED) is 0.165. The van der Waals surface area contributed by atoms with Gasteiger partial charge in [-0.25, -0.2) is 4.39 Å². The van der Waals surface area contributed by atoms with E-state index in [1.54, 1.807) is 6.07 Å². The van der Waals surface area contributed by atoms with Crippen LogP contribution in [0.5, 0.6) is 0 Å². The third kappa shape index (κ3) is 8.29. The number of benzene rings is 4. The molecule has 0 amide bonds. The lowest BCUT2D eigenvalue weighted by atomic mass is 9.78. The van der Waals surface area contributed by atoms with Crippen molar-refractivity contribution in [1.29, 1.82) is 0 Å². The van der Waals surface area contributed by atoms with Gasteiger partial charge in [-0.2, -0.15) is 0 Å². The molecule has 212 valence electrons. The molecule has 1 atom stereocenters. The van der Waals surface area contributed by atoms with Gasteiger partial charge < -0.3 is 0 Å². The summed E-state index contributed by atoms with van der Waals surface area (Å²) in [6.45, 7) is 4.58. The second-order valence-electron chi connectivity index (χ2n) is 12.2. The zero-order valence-corrected chi connectivity index (χ0v) is 24.9. The Balaban J connectivity index is 1.12. The van der Waals surface area contributed by atoms with Gasteiger partial charge in [0.2, 0.25) is 0 Å². The van der Waals surface area contributed by atoms with Crippen LogP contribution in [0.15, 0.2) is 97.1 Å². The predicted molar refractivity (Wildman–Crippen MR) is 174 cm³/mol. The van der Waals surface area contributed by atoms with Gasteiger partial charge in [-0.15, -0.1) is 0 Å². The number of aryl methyl sites for hydroxylation is 1. The van der Waals surface area contributed by atoms with E-state index in [0.717, 1.165) is 35.8 Å². The van der Waals surface area contributed by atoms with Gasteiger partial charge >= 0.3 is 0 Å². The first-order valence-corrected chi connectivity index (χ1v) is 15.8. The Hall–Kier alpha value is -3.45. The van der Waals surface area contributed by atoms with Gasteiger partial charge in [0, 0.05) is 5.56 Å². The maximum Gasteiger partial charge on any atom is 0.130 e. The maximum atomic E-state index is 14.9. The van der Waals surface area contributed by atoms with Crippen molar-refractivity contribution in [3.05, 3.63) is 131 Å². The van der Waals surface area contributed by atoms with Crippen LogP contribution in [0.3, 0.4) is 0 Å². The van der Waals surface area contributed by atoms with Gasteiger partial charge in [0.25, 0.3) is 0 Å². The molecule has 1 heteroatoms. The Labute approximate surface area is 247 Å². The highest BCUT2D eigenvalue weighted by molar-refractivity contribution is 5.72. The van der Waals surface area contributed by atoms with Crippen molar-refractivity contribution in [2.45, 2.75) is 77.6 Å². The summed E-state index contributed by atoms with van der Waals surface area (Å²) in [5, 5.41) is 0. The Bertz CT molecular complexity index is 1370. The van der Waals surface area contributed by atoms with Crippen LogP contribution in [0, 0.1) is 17.7 Å². The van der Waals surface area contributed by atoms with Crippen molar-refractivity contribution < 1.29 is 4.39 Å². The summed E-state index contributed by atoms with van der Waals surface area (Å²) in [7, 11) is 0. The molecule has 0 radical (unpaired) electrons. The first-order valence-electron chi connectivity index (χ1n) is 15.8. The van der Waals surface area contributed by atoms with E-state index in [1.165, 1.54) is 67.2 Å². The first-order chi connectivity index (χ1) is 20.1. The average molecular weight is 545 g/mol. The number of rotatable bonds is 11. The minimum atomic E-state index is -0.122. The molecule has 5 rings (SSSR count). The van der Waals surface area contributed by atoms with E-state index < -0.39 is 0 Å². The summed E-state index contributed by atoms with van der Waals surface area (Å²) in [6, 6.07) is 33.9. The smallest absolute Gasteiger partial charge is 0.130 e. The van der Waals surface area contributed by atoms with Crippen LogP contribution >= 0.6 is 0 Å². The fourth-order valence-corrected chi connectivity index (χ4v) is 6.51. The van der Waals surface area contributed by atoms with E-state index in [1.807, 2.05) is 18.2 Å². The van der Waals surface area contributed by atoms with Crippen molar-refractivity contribution in [3.8, 4) is 11.1 Å². The van der Waals surface area contributed by atoms with Gasteiger partial charge in [0.05, 0.1) is 0 Å². The van der Waals surface area contributed by atoms with Crippen LogP contribution in [0.4, 0.5) is 4.39 Å². The maximum absolute atomic E-state index is 14.9. The van der Waals surface area contributed by atoms with Crippen LogP contribution in [0.2, 0.25) is 0 Å². The monoisotopic (exact) mass is 544 g/mol. The predicted octanol–water partition coefficient (Wildman–Crippen LogP) is 11.5. The SMILES string of the molecule is CCCC1CCC(CCc2ccc(C=Cc3ccc(-c4ccc(C[C@H](C)c5ccccc5)cc4)cc3)c(F)c2)CC1. The Morgan fingerprint density at radius 3 is 1.95 bits per heavy atom. The van der Waals surface area contributed by atoms with Crippen molar-refractivity contribution in [2.75, 3.05) is 0 Å². The van der Waals surface area contributed by atoms with E-state index >= 15 is 0 Å². The summed E-state index contributed by atoms with van der Waals surface area (Å²) in [6.07, 6.45) is 15.3. The van der Waals surface area contributed by atoms with Crippen LogP contribution in [0.1, 0.15) is 92.5 Å². The van der Waals surface area contributed by atoms with Gasteiger partial charge in [-0.05, 0) is 76.5 Å². The molecule has 0 N–H and O–H groups in total. The number of hydrogen-bond acceptors (Lipinski definition) is 0. The normalized spacial score (nSPS) is 18.0. The lowest BCUT2D eigenvalue weighted by Gasteiger charge is -2.28. The van der Waals surface area contributed by atoms with E-state index in [4.69, 9.17) is 0 Å². The van der Waals surface area contributed by atoms with Gasteiger partial charge in [0.1, 0.15) is 5.82 Å². The zero-order valence-electron chi connectivity index (χ0n) is 24.9. The molecule has 0 unspecified atom stereocenters. The van der Waals surface area contributed by atoms with E-state index in [2.05, 4.69) is 98.8 Å². The standard InChI is InChI=1S/C40H45F/c1-3-7-31-10-12-32(13-11-31)14-15-35-21-27-39(40(41)29-35)26-18-33-16-22-37(23-17-33)38-24-19-34(20-25-38)28-30(2)36-8-5-4-6-9-36/h4-6,8-9,16-27,29-32H,3,7,10-15,28H2,1-2H3/t30-,31?,32?/m0/s1. The number of halogens is 1. The third-order valence-corrected chi connectivity index (χ3v) is 9.13. The topological polar surface area (TPSA) is 0 Å². The first kappa shape index (κ1) is 29.1. The molecule has 0 saturated heterocycles. The van der Waals surface area contributed by atoms with Crippen LogP contribution in [0.25, 0.3) is 23.3 Å². The van der Waals surface area contributed by atoms with Gasteiger partial charge in [0.15, 0.2) is 0 Å². The molecule has 1 saturated carbocycles. The Kier molecular flexibility index (Phi) is 10.2. The molecule has 0 heterocycles. The lowest BCUT2D eigenvalue weighted by Crippen LogP contribution is -2.15. The van der Waals surface area contributed by atoms with E-state index in [0.29, 0.717) is 11.5 Å². The molecule has 1 fully saturated rings. The molecular weight excluding hydrogens is 499 g/mol. The molecule has 0 spiro atoms. The van der Waals surface area contributed by atoms with E-state index in [9.17, 15) is 4.39 Å². The second-order valence-corrected chi connectivity index (χ2v) is 12.2. The molecule has 0 bridgehead atoms. The van der Waals surface area contributed by atoms with Gasteiger partial charge in [-0.1, -0.05) is 156 Å². The summed E-state index contributed by atoms with van der Waals surface area (Å²) in [5.74, 6) is 2.13. The third-order valence-electron chi connectivity index (χ3n) is 9.13. The molecule has 1 aliphatic rings. The van der Waals surface area contributed by atoms with Crippen LogP contribution in [-0.2, 0) is 12.8 Å². The lowest BCUT2D eigenvalue weighted by molar-refractivity contribution is 0.252. The second kappa shape index (κ2) is 14.4. The van der Waals surface area contributed by atoms with Crippen LogP contribution in [-0.4, -0.2) is 0 Å². The van der Waals surface area contributed by atoms with Crippen molar-refractivity contribution in [3.63, 3.8) is 0 Å². The molecular formula is C40H45F. The Morgan fingerprint density at radius 2 is 1.32 bits per heavy atom. The van der Waals surface area contributed by atoms with Crippen molar-refractivity contribution in [2.24, 2.45) is 11.8 Å². The number of hydrogen-bond donors (Lipinski definition) is 0.